The third-order valence-electron chi connectivity index (χ3n) is 9.12. The van der Waals surface area contributed by atoms with Gasteiger partial charge in [-0.2, -0.15) is 26.3 Å². The second-order valence-electron chi connectivity index (χ2n) is 11.5. The smallest absolute Gasteiger partial charge is 0.310 e. The Balaban J connectivity index is 1.37. The highest BCUT2D eigenvalue weighted by atomic mass is 19.4. The van der Waals surface area contributed by atoms with E-state index in [1.54, 1.807) is 4.90 Å². The van der Waals surface area contributed by atoms with Crippen LogP contribution in [0.2, 0.25) is 0 Å². The molecule has 2 aliphatic rings. The standard InChI is InChI=1S/C39H23F6N/c40-38(41,42)24-16-18-26(19-17-24)46(27-9-7-8-25(22-27)39(43,44)45)28-20-21-36-32(23-28)31-12-3-6-15-35(31)37(36)33-13-4-1-10-29(33)30-11-2-5-14-34(30)37/h1-23H. The molecule has 226 valence electrons. The van der Waals surface area contributed by atoms with Crippen molar-refractivity contribution in [1.82, 2.24) is 0 Å². The van der Waals surface area contributed by atoms with Crippen molar-refractivity contribution >= 4 is 17.1 Å². The molecule has 0 aliphatic heterocycles. The van der Waals surface area contributed by atoms with E-state index < -0.39 is 28.9 Å². The van der Waals surface area contributed by atoms with Crippen LogP contribution in [-0.4, -0.2) is 0 Å². The summed E-state index contributed by atoms with van der Waals surface area (Å²) in [5, 5.41) is 0. The molecule has 6 aromatic rings. The molecule has 0 saturated heterocycles. The molecule has 0 aromatic heterocycles. The number of benzene rings is 6. The number of alkyl halides is 6. The summed E-state index contributed by atoms with van der Waals surface area (Å²) in [6.45, 7) is 0. The molecule has 0 saturated carbocycles. The molecule has 0 radical (unpaired) electrons. The molecule has 1 nitrogen and oxygen atoms in total. The quantitative estimate of drug-likeness (QED) is 0.178. The molecule has 0 N–H and O–H groups in total. The minimum Gasteiger partial charge on any atom is -0.310 e. The van der Waals surface area contributed by atoms with E-state index in [9.17, 15) is 26.3 Å². The maximum Gasteiger partial charge on any atom is 0.416 e. The average Bonchev–Trinajstić information content (AvgIpc) is 3.52. The van der Waals surface area contributed by atoms with Gasteiger partial charge >= 0.3 is 12.4 Å². The summed E-state index contributed by atoms with van der Waals surface area (Å²) in [6, 6.07) is 39.8. The lowest BCUT2D eigenvalue weighted by Gasteiger charge is -2.31. The van der Waals surface area contributed by atoms with E-state index in [0.29, 0.717) is 11.4 Å². The summed E-state index contributed by atoms with van der Waals surface area (Å²) in [7, 11) is 0. The molecule has 2 aliphatic carbocycles. The predicted octanol–water partition coefficient (Wildman–Crippen LogP) is 11.5. The van der Waals surface area contributed by atoms with E-state index in [2.05, 4.69) is 30.3 Å². The van der Waals surface area contributed by atoms with Gasteiger partial charge in [-0.3, -0.25) is 0 Å². The largest absolute Gasteiger partial charge is 0.416 e. The van der Waals surface area contributed by atoms with Crippen molar-refractivity contribution in [3.8, 4) is 22.3 Å². The summed E-state index contributed by atoms with van der Waals surface area (Å²) in [5.41, 5.74) is 7.28. The fourth-order valence-electron chi connectivity index (χ4n) is 7.29. The molecule has 0 amide bonds. The van der Waals surface area contributed by atoms with Crippen molar-refractivity contribution in [2.75, 3.05) is 4.90 Å². The average molecular weight is 620 g/mol. The monoisotopic (exact) mass is 619 g/mol. The van der Waals surface area contributed by atoms with Gasteiger partial charge in [0, 0.05) is 17.1 Å². The highest BCUT2D eigenvalue weighted by molar-refractivity contribution is 5.96. The van der Waals surface area contributed by atoms with Gasteiger partial charge in [-0.15, -0.1) is 0 Å². The first kappa shape index (κ1) is 28.2. The number of fused-ring (bicyclic) bond motifs is 10. The van der Waals surface area contributed by atoms with Crippen molar-refractivity contribution in [3.05, 3.63) is 173 Å². The zero-order valence-electron chi connectivity index (χ0n) is 24.0. The third kappa shape index (κ3) is 4.04. The van der Waals surface area contributed by atoms with Crippen molar-refractivity contribution in [2.24, 2.45) is 0 Å². The van der Waals surface area contributed by atoms with Gasteiger partial charge < -0.3 is 4.90 Å². The van der Waals surface area contributed by atoms with Crippen LogP contribution in [0.15, 0.2) is 140 Å². The lowest BCUT2D eigenvalue weighted by molar-refractivity contribution is -0.138. The first-order chi connectivity index (χ1) is 22.1. The summed E-state index contributed by atoms with van der Waals surface area (Å²) < 4.78 is 81.9. The van der Waals surface area contributed by atoms with E-state index in [1.165, 1.54) is 24.3 Å². The molecule has 0 fully saturated rings. The Bertz CT molecular complexity index is 2100. The van der Waals surface area contributed by atoms with Gasteiger partial charge in [-0.05, 0) is 99.1 Å². The van der Waals surface area contributed by atoms with Crippen LogP contribution >= 0.6 is 0 Å². The van der Waals surface area contributed by atoms with Crippen LogP contribution in [0.5, 0.6) is 0 Å². The number of anilines is 3. The van der Waals surface area contributed by atoms with Crippen molar-refractivity contribution in [3.63, 3.8) is 0 Å². The number of nitrogens with zero attached hydrogens (tertiary/aromatic N) is 1. The molecule has 0 bridgehead atoms. The molecule has 7 heteroatoms. The van der Waals surface area contributed by atoms with E-state index in [4.69, 9.17) is 0 Å². The van der Waals surface area contributed by atoms with Gasteiger partial charge in [0.15, 0.2) is 0 Å². The van der Waals surface area contributed by atoms with E-state index in [0.717, 1.165) is 68.8 Å². The Morgan fingerprint density at radius 1 is 0.370 bits per heavy atom. The van der Waals surface area contributed by atoms with E-state index in [1.807, 2.05) is 60.7 Å². The molecule has 8 rings (SSSR count). The number of halogens is 6. The predicted molar refractivity (Wildman–Crippen MR) is 167 cm³/mol. The summed E-state index contributed by atoms with van der Waals surface area (Å²) >= 11 is 0. The summed E-state index contributed by atoms with van der Waals surface area (Å²) in [4.78, 5) is 1.57. The Morgan fingerprint density at radius 2 is 0.826 bits per heavy atom. The first-order valence-electron chi connectivity index (χ1n) is 14.7. The summed E-state index contributed by atoms with van der Waals surface area (Å²) in [6.07, 6.45) is -9.16. The van der Waals surface area contributed by atoms with Gasteiger partial charge in [-0.1, -0.05) is 84.9 Å². The van der Waals surface area contributed by atoms with Crippen LogP contribution < -0.4 is 4.90 Å². The maximum atomic E-state index is 13.8. The van der Waals surface area contributed by atoms with Gasteiger partial charge in [0.05, 0.1) is 16.5 Å². The number of rotatable bonds is 3. The molecule has 6 aromatic carbocycles. The Labute approximate surface area is 261 Å². The van der Waals surface area contributed by atoms with Gasteiger partial charge in [0.2, 0.25) is 0 Å². The zero-order valence-corrected chi connectivity index (χ0v) is 24.0. The van der Waals surface area contributed by atoms with Crippen molar-refractivity contribution < 1.29 is 26.3 Å². The molecule has 1 spiro atoms. The van der Waals surface area contributed by atoms with Crippen LogP contribution in [-0.2, 0) is 17.8 Å². The number of hydrogen-bond acceptors (Lipinski definition) is 1. The minimum absolute atomic E-state index is 0.173. The molecule has 0 unspecified atom stereocenters. The van der Waals surface area contributed by atoms with Crippen molar-refractivity contribution in [1.29, 1.82) is 0 Å². The molecular weight excluding hydrogens is 596 g/mol. The lowest BCUT2D eigenvalue weighted by atomic mass is 9.70. The second-order valence-corrected chi connectivity index (χ2v) is 11.5. The SMILES string of the molecule is FC(F)(F)c1ccc(N(c2cccc(C(F)(F)F)c2)c2ccc3c(c2)-c2ccccc2C32c3ccccc3-c3ccccc32)cc1. The van der Waals surface area contributed by atoms with Crippen molar-refractivity contribution in [2.45, 2.75) is 17.8 Å². The van der Waals surface area contributed by atoms with Gasteiger partial charge in [0.25, 0.3) is 0 Å². The lowest BCUT2D eigenvalue weighted by Crippen LogP contribution is -2.25. The van der Waals surface area contributed by atoms with Gasteiger partial charge in [-0.25, -0.2) is 0 Å². The molecule has 0 atom stereocenters. The minimum atomic E-state index is -4.60. The summed E-state index contributed by atoms with van der Waals surface area (Å²) in [5.74, 6) is 0. The van der Waals surface area contributed by atoms with Crippen LogP contribution in [0.3, 0.4) is 0 Å². The Kier molecular flexibility index (Phi) is 6.04. The van der Waals surface area contributed by atoms with Crippen LogP contribution in [0.25, 0.3) is 22.3 Å². The highest BCUT2D eigenvalue weighted by Crippen LogP contribution is 2.63. The highest BCUT2D eigenvalue weighted by Gasteiger charge is 2.51. The topological polar surface area (TPSA) is 3.24 Å². The molecule has 46 heavy (non-hydrogen) atoms. The van der Waals surface area contributed by atoms with E-state index >= 15 is 0 Å². The molecular formula is C39H23F6N. The van der Waals surface area contributed by atoms with Crippen LogP contribution in [0.1, 0.15) is 33.4 Å². The van der Waals surface area contributed by atoms with Crippen LogP contribution in [0.4, 0.5) is 43.4 Å². The fraction of sp³-hybridized carbons (Fsp3) is 0.0769. The second kappa shape index (κ2) is 9.85. The van der Waals surface area contributed by atoms with Gasteiger partial charge in [0.1, 0.15) is 0 Å². The Hall–Kier alpha value is -5.30. The van der Waals surface area contributed by atoms with E-state index in [-0.39, 0.29) is 5.69 Å². The fourth-order valence-corrected chi connectivity index (χ4v) is 7.29. The maximum absolute atomic E-state index is 13.8. The normalized spacial score (nSPS) is 14.0. The Morgan fingerprint density at radius 3 is 1.37 bits per heavy atom. The third-order valence-corrected chi connectivity index (χ3v) is 9.12. The molecule has 0 heterocycles. The zero-order chi connectivity index (χ0) is 31.8. The van der Waals surface area contributed by atoms with Crippen LogP contribution in [0, 0.1) is 0 Å². The first-order valence-corrected chi connectivity index (χ1v) is 14.7. The number of hydrogen-bond donors (Lipinski definition) is 0.